The summed E-state index contributed by atoms with van der Waals surface area (Å²) in [6.07, 6.45) is 3.32. The van der Waals surface area contributed by atoms with Gasteiger partial charge in [-0.1, -0.05) is 30.3 Å². The van der Waals surface area contributed by atoms with E-state index >= 15 is 0 Å². The normalized spacial score (nSPS) is 10.9. The van der Waals surface area contributed by atoms with Crippen LogP contribution >= 0.6 is 0 Å². The molecule has 0 bridgehead atoms. The third-order valence-electron chi connectivity index (χ3n) is 5.20. The molecular weight excluding hydrogens is 374 g/mol. The molecule has 5 heteroatoms. The molecule has 2 N–H and O–H groups in total. The number of hydrogen-bond donors (Lipinski definition) is 2. The second kappa shape index (κ2) is 6.87. The number of hydrogen-bond acceptors (Lipinski definition) is 5. The number of phenolic OH excluding ortho intramolecular Hbond substituents is 2. The number of pyridine rings is 2. The monoisotopic (exact) mass is 389 g/mol. The summed E-state index contributed by atoms with van der Waals surface area (Å²) in [5.74, 6) is 0.0306. The lowest BCUT2D eigenvalue weighted by Gasteiger charge is -2.16. The molecule has 5 aromatic rings. The molecule has 2 heterocycles. The Hall–Kier alpha value is -4.43. The van der Waals surface area contributed by atoms with E-state index < -0.39 is 0 Å². The third-order valence-corrected chi connectivity index (χ3v) is 5.20. The molecule has 30 heavy (non-hydrogen) atoms. The highest BCUT2D eigenvalue weighted by molar-refractivity contribution is 6.21. The minimum Gasteiger partial charge on any atom is -0.507 e. The maximum absolute atomic E-state index is 10.9. The second-order valence-electron chi connectivity index (χ2n) is 6.91. The summed E-state index contributed by atoms with van der Waals surface area (Å²) in [6.45, 7) is 0. The number of nitriles is 1. The molecule has 0 aliphatic rings. The van der Waals surface area contributed by atoms with Gasteiger partial charge in [-0.05, 0) is 41.8 Å². The summed E-state index contributed by atoms with van der Waals surface area (Å²) in [6, 6.07) is 21.8. The van der Waals surface area contributed by atoms with E-state index in [1.54, 1.807) is 24.5 Å². The number of aromatic hydroxyl groups is 2. The zero-order valence-corrected chi connectivity index (χ0v) is 15.7. The second-order valence-corrected chi connectivity index (χ2v) is 6.91. The van der Waals surface area contributed by atoms with Crippen LogP contribution in [0.25, 0.3) is 44.1 Å². The Bertz CT molecular complexity index is 1460. The van der Waals surface area contributed by atoms with E-state index in [2.05, 4.69) is 16.0 Å². The third kappa shape index (κ3) is 2.63. The average Bonchev–Trinajstić information content (AvgIpc) is 2.79. The van der Waals surface area contributed by atoms with Gasteiger partial charge in [0.2, 0.25) is 0 Å². The van der Waals surface area contributed by atoms with E-state index in [1.165, 1.54) is 6.07 Å². The summed E-state index contributed by atoms with van der Waals surface area (Å²) in [4.78, 5) is 8.86. The largest absolute Gasteiger partial charge is 0.507 e. The van der Waals surface area contributed by atoms with Gasteiger partial charge in [-0.15, -0.1) is 0 Å². The van der Waals surface area contributed by atoms with Crippen molar-refractivity contribution in [1.29, 1.82) is 5.26 Å². The van der Waals surface area contributed by atoms with Crippen molar-refractivity contribution < 1.29 is 10.2 Å². The summed E-state index contributed by atoms with van der Waals surface area (Å²) >= 11 is 0. The topological polar surface area (TPSA) is 90.0 Å². The molecule has 2 aromatic heterocycles. The van der Waals surface area contributed by atoms with E-state index in [0.717, 1.165) is 5.39 Å². The lowest BCUT2D eigenvalue weighted by Crippen LogP contribution is -1.93. The van der Waals surface area contributed by atoms with E-state index in [0.29, 0.717) is 44.2 Å². The van der Waals surface area contributed by atoms with Gasteiger partial charge in [0.25, 0.3) is 0 Å². The molecule has 0 saturated heterocycles. The molecule has 0 saturated carbocycles. The van der Waals surface area contributed by atoms with Crippen molar-refractivity contribution in [2.45, 2.75) is 0 Å². The first-order valence-electron chi connectivity index (χ1n) is 9.36. The molecule has 5 nitrogen and oxygen atoms in total. The summed E-state index contributed by atoms with van der Waals surface area (Å²) in [5, 5.41) is 34.3. The SMILES string of the molecule is N#Cc1cc(O)c(-c2ccccn2)c2c1ccc1ccc(O)c(-c3ccccn3)c12. The molecule has 0 amide bonds. The molecule has 3 aromatic carbocycles. The molecule has 0 spiro atoms. The predicted molar refractivity (Wildman–Crippen MR) is 116 cm³/mol. The Balaban J connectivity index is 2.08. The van der Waals surface area contributed by atoms with Crippen molar-refractivity contribution in [3.8, 4) is 40.1 Å². The van der Waals surface area contributed by atoms with Gasteiger partial charge in [-0.25, -0.2) is 0 Å². The van der Waals surface area contributed by atoms with Crippen LogP contribution in [0, 0.1) is 11.3 Å². The Kier molecular flexibility index (Phi) is 4.04. The highest BCUT2D eigenvalue weighted by atomic mass is 16.3. The van der Waals surface area contributed by atoms with Crippen LogP contribution < -0.4 is 0 Å². The fourth-order valence-corrected chi connectivity index (χ4v) is 3.94. The first kappa shape index (κ1) is 17.7. The Morgan fingerprint density at radius 3 is 1.93 bits per heavy atom. The van der Waals surface area contributed by atoms with Crippen LogP contribution in [0.2, 0.25) is 0 Å². The molecule has 0 atom stereocenters. The number of aromatic nitrogens is 2. The summed E-state index contributed by atoms with van der Waals surface area (Å²) in [7, 11) is 0. The molecule has 142 valence electrons. The van der Waals surface area contributed by atoms with Gasteiger partial charge in [0.05, 0.1) is 34.1 Å². The van der Waals surface area contributed by atoms with Crippen molar-refractivity contribution in [1.82, 2.24) is 9.97 Å². The number of rotatable bonds is 2. The minimum absolute atomic E-state index is 0.0411. The van der Waals surface area contributed by atoms with Crippen LogP contribution in [-0.2, 0) is 0 Å². The quantitative estimate of drug-likeness (QED) is 0.395. The molecular formula is C25H15N3O2. The Labute approximate surface area is 172 Å². The van der Waals surface area contributed by atoms with E-state index in [1.807, 2.05) is 48.5 Å². The summed E-state index contributed by atoms with van der Waals surface area (Å²) in [5.41, 5.74) is 2.58. The lowest BCUT2D eigenvalue weighted by molar-refractivity contribution is 0.477. The molecule has 5 rings (SSSR count). The van der Waals surface area contributed by atoms with Gasteiger partial charge in [0.15, 0.2) is 0 Å². The van der Waals surface area contributed by atoms with E-state index in [-0.39, 0.29) is 11.5 Å². The fourth-order valence-electron chi connectivity index (χ4n) is 3.94. The molecule has 0 unspecified atom stereocenters. The van der Waals surface area contributed by atoms with Crippen molar-refractivity contribution in [3.05, 3.63) is 84.7 Å². The highest BCUT2D eigenvalue weighted by Gasteiger charge is 2.21. The van der Waals surface area contributed by atoms with Gasteiger partial charge >= 0.3 is 0 Å². The smallest absolute Gasteiger partial charge is 0.126 e. The van der Waals surface area contributed by atoms with Gasteiger partial charge in [0.1, 0.15) is 11.5 Å². The number of fused-ring (bicyclic) bond motifs is 3. The van der Waals surface area contributed by atoms with Gasteiger partial charge in [0, 0.05) is 28.6 Å². The van der Waals surface area contributed by atoms with Crippen LogP contribution in [0.5, 0.6) is 11.5 Å². The minimum atomic E-state index is -0.0411. The molecule has 0 aliphatic carbocycles. The van der Waals surface area contributed by atoms with Crippen LogP contribution in [0.1, 0.15) is 5.56 Å². The Morgan fingerprint density at radius 1 is 0.700 bits per heavy atom. The van der Waals surface area contributed by atoms with Crippen molar-refractivity contribution in [2.24, 2.45) is 0 Å². The molecule has 0 radical (unpaired) electrons. The van der Waals surface area contributed by atoms with Crippen LogP contribution in [0.3, 0.4) is 0 Å². The number of nitrogens with zero attached hydrogens (tertiary/aromatic N) is 3. The van der Waals surface area contributed by atoms with Gasteiger partial charge in [-0.3, -0.25) is 9.97 Å². The van der Waals surface area contributed by atoms with Crippen molar-refractivity contribution in [2.75, 3.05) is 0 Å². The van der Waals surface area contributed by atoms with Crippen LogP contribution in [0.15, 0.2) is 79.1 Å². The fraction of sp³-hybridized carbons (Fsp3) is 0. The standard InChI is InChI=1S/C25H15N3O2/c26-14-16-13-21(30)25(19-6-2-4-12-28-19)23-17(16)9-7-15-8-10-20(29)24(22(15)23)18-5-1-3-11-27-18/h1-13,29-30H. The maximum atomic E-state index is 10.9. The van der Waals surface area contributed by atoms with E-state index in [9.17, 15) is 15.5 Å². The zero-order valence-electron chi connectivity index (χ0n) is 15.7. The highest BCUT2D eigenvalue weighted by Crippen LogP contribution is 2.46. The molecule has 0 aliphatic heterocycles. The first-order valence-corrected chi connectivity index (χ1v) is 9.36. The van der Waals surface area contributed by atoms with Crippen LogP contribution in [-0.4, -0.2) is 20.2 Å². The van der Waals surface area contributed by atoms with Gasteiger partial charge in [-0.2, -0.15) is 5.26 Å². The van der Waals surface area contributed by atoms with E-state index in [4.69, 9.17) is 0 Å². The Morgan fingerprint density at radius 2 is 1.33 bits per heavy atom. The number of phenols is 2. The summed E-state index contributed by atoms with van der Waals surface area (Å²) < 4.78 is 0. The first-order chi connectivity index (χ1) is 14.7. The molecule has 0 fully saturated rings. The van der Waals surface area contributed by atoms with Crippen LogP contribution in [0.4, 0.5) is 0 Å². The average molecular weight is 389 g/mol. The maximum Gasteiger partial charge on any atom is 0.126 e. The zero-order chi connectivity index (χ0) is 20.7. The van der Waals surface area contributed by atoms with Gasteiger partial charge < -0.3 is 10.2 Å². The number of benzene rings is 3. The lowest BCUT2D eigenvalue weighted by atomic mass is 9.89. The van der Waals surface area contributed by atoms with Crippen molar-refractivity contribution in [3.63, 3.8) is 0 Å². The van der Waals surface area contributed by atoms with Crippen molar-refractivity contribution >= 4 is 21.5 Å². The predicted octanol–water partition coefficient (Wildman–Crippen LogP) is 5.40.